The summed E-state index contributed by atoms with van der Waals surface area (Å²) in [5.41, 5.74) is 2.79. The minimum Gasteiger partial charge on any atom is -0.313 e. The quantitative estimate of drug-likeness (QED) is 0.0701. The SMILES string of the molecule is CCCC[Si](CCCC)(CCCC)c1ccc(N(P(c2ccccc2)c2ccccc2)P(c2ccccc2)c2ccccc2)c(C)c1. The Morgan fingerprint density at radius 3 is 1.11 bits per heavy atom. The van der Waals surface area contributed by atoms with E-state index in [2.05, 4.69) is 172 Å². The fraction of sp³-hybridized carbons (Fsp3) is 0.302. The van der Waals surface area contributed by atoms with Gasteiger partial charge in [-0.2, -0.15) is 0 Å². The normalized spacial score (nSPS) is 11.7. The first-order valence-electron chi connectivity index (χ1n) is 17.8. The fourth-order valence-corrected chi connectivity index (χ4v) is 18.7. The van der Waals surface area contributed by atoms with Crippen molar-refractivity contribution in [3.63, 3.8) is 0 Å². The Bertz CT molecular complexity index is 1430. The molecule has 0 spiro atoms. The molecule has 0 aliphatic carbocycles. The van der Waals surface area contributed by atoms with E-state index in [0.29, 0.717) is 0 Å². The van der Waals surface area contributed by atoms with Crippen LogP contribution in [0.4, 0.5) is 5.69 Å². The van der Waals surface area contributed by atoms with Crippen molar-refractivity contribution in [3.05, 3.63) is 145 Å². The van der Waals surface area contributed by atoms with Crippen molar-refractivity contribution >= 4 is 56.3 Å². The first-order valence-corrected chi connectivity index (χ1v) is 23.0. The van der Waals surface area contributed by atoms with Gasteiger partial charge in [-0.1, -0.05) is 216 Å². The van der Waals surface area contributed by atoms with Gasteiger partial charge in [0, 0.05) is 26.9 Å². The van der Waals surface area contributed by atoms with E-state index in [4.69, 9.17) is 0 Å². The molecule has 0 saturated heterocycles. The highest BCUT2D eigenvalue weighted by molar-refractivity contribution is 7.90. The summed E-state index contributed by atoms with van der Waals surface area (Å²) in [7, 11) is -3.41. The molecular formula is C43H53NP2Si. The van der Waals surface area contributed by atoms with Crippen LogP contribution >= 0.6 is 16.1 Å². The van der Waals surface area contributed by atoms with Gasteiger partial charge in [-0.15, -0.1) is 0 Å². The highest BCUT2D eigenvalue weighted by Crippen LogP contribution is 2.57. The summed E-state index contributed by atoms with van der Waals surface area (Å²) in [6.45, 7) is 9.51. The lowest BCUT2D eigenvalue weighted by molar-refractivity contribution is 0.800. The minimum absolute atomic E-state index is 0.886. The molecule has 4 heteroatoms. The van der Waals surface area contributed by atoms with Crippen molar-refractivity contribution in [2.24, 2.45) is 0 Å². The van der Waals surface area contributed by atoms with Gasteiger partial charge in [-0.25, -0.2) is 0 Å². The molecule has 0 heterocycles. The first-order chi connectivity index (χ1) is 23.1. The summed E-state index contributed by atoms with van der Waals surface area (Å²) < 4.78 is 2.85. The molecule has 5 rings (SSSR count). The van der Waals surface area contributed by atoms with E-state index in [9.17, 15) is 0 Å². The first kappa shape index (κ1) is 35.3. The minimum atomic E-state index is -1.64. The molecular weight excluding hydrogens is 621 g/mol. The van der Waals surface area contributed by atoms with E-state index in [0.717, 1.165) is 0 Å². The third kappa shape index (κ3) is 8.72. The Hall–Kier alpha value is -3.02. The highest BCUT2D eigenvalue weighted by Gasteiger charge is 2.36. The number of hydrogen-bond donors (Lipinski definition) is 0. The molecule has 0 fully saturated rings. The van der Waals surface area contributed by atoms with Gasteiger partial charge in [0.15, 0.2) is 0 Å². The van der Waals surface area contributed by atoms with Gasteiger partial charge in [0.2, 0.25) is 0 Å². The number of rotatable bonds is 17. The summed E-state index contributed by atoms with van der Waals surface area (Å²) in [4.78, 5) is 0. The number of unbranched alkanes of at least 4 members (excludes halogenated alkanes) is 3. The molecule has 5 aromatic rings. The molecule has 1 nitrogen and oxygen atoms in total. The Labute approximate surface area is 289 Å². The van der Waals surface area contributed by atoms with Gasteiger partial charge in [0.1, 0.15) is 0 Å². The van der Waals surface area contributed by atoms with Crippen LogP contribution < -0.4 is 30.8 Å². The molecule has 244 valence electrons. The smallest absolute Gasteiger partial charge is 0.0867 e. The van der Waals surface area contributed by atoms with Crippen LogP contribution in [0, 0.1) is 6.92 Å². The second-order valence-corrected chi connectivity index (χ2v) is 21.9. The van der Waals surface area contributed by atoms with Gasteiger partial charge in [0.05, 0.1) is 24.2 Å². The predicted octanol–water partition coefficient (Wildman–Crippen LogP) is 11.0. The molecule has 0 aliphatic heterocycles. The maximum absolute atomic E-state index is 2.85. The average molecular weight is 674 g/mol. The predicted molar refractivity (Wildman–Crippen MR) is 216 cm³/mol. The van der Waals surface area contributed by atoms with Crippen LogP contribution in [-0.2, 0) is 0 Å². The van der Waals surface area contributed by atoms with Gasteiger partial charge in [-0.05, 0) is 18.6 Å². The van der Waals surface area contributed by atoms with E-state index >= 15 is 0 Å². The lowest BCUT2D eigenvalue weighted by atomic mass is 10.2. The topological polar surface area (TPSA) is 3.24 Å². The van der Waals surface area contributed by atoms with E-state index in [1.54, 1.807) is 5.19 Å². The molecule has 0 unspecified atom stereocenters. The Morgan fingerprint density at radius 1 is 0.468 bits per heavy atom. The summed E-state index contributed by atoms with van der Waals surface area (Å²) >= 11 is 0. The zero-order valence-corrected chi connectivity index (χ0v) is 31.8. The van der Waals surface area contributed by atoms with Crippen LogP contribution in [0.15, 0.2) is 140 Å². The molecule has 5 aromatic carbocycles. The maximum atomic E-state index is 2.85. The summed E-state index contributed by atoms with van der Waals surface area (Å²) in [6, 6.07) is 57.1. The number of anilines is 1. The lowest BCUT2D eigenvalue weighted by Crippen LogP contribution is -2.47. The molecule has 0 atom stereocenters. The Kier molecular flexibility index (Phi) is 13.5. The van der Waals surface area contributed by atoms with E-state index in [-0.39, 0.29) is 0 Å². The monoisotopic (exact) mass is 673 g/mol. The van der Waals surface area contributed by atoms with Crippen molar-refractivity contribution in [1.82, 2.24) is 0 Å². The average Bonchev–Trinajstić information content (AvgIpc) is 3.13. The second-order valence-electron chi connectivity index (χ2n) is 12.8. The Morgan fingerprint density at radius 2 is 0.809 bits per heavy atom. The standard InChI is InChI=1S/C43H53NP2Si/c1-5-8-33-47(34-9-6-2,35-10-7-3)42-31-32-43(37(4)36-42)44(45(38-23-15-11-16-24-38)39-25-17-12-18-26-39)46(40-27-19-13-20-28-40)41-29-21-14-22-30-41/h11-32,36H,5-10,33-35H2,1-4H3. The van der Waals surface area contributed by atoms with Gasteiger partial charge >= 0.3 is 0 Å². The third-order valence-corrected chi connectivity index (χ3v) is 20.3. The lowest BCUT2D eigenvalue weighted by Gasteiger charge is -2.42. The van der Waals surface area contributed by atoms with Gasteiger partial charge in [-0.3, -0.25) is 0 Å². The van der Waals surface area contributed by atoms with E-state index < -0.39 is 24.2 Å². The largest absolute Gasteiger partial charge is 0.313 e. The van der Waals surface area contributed by atoms with Gasteiger partial charge < -0.3 is 4.44 Å². The summed E-state index contributed by atoms with van der Waals surface area (Å²) in [5.74, 6) is 0. The van der Waals surface area contributed by atoms with Crippen LogP contribution in [0.3, 0.4) is 0 Å². The molecule has 0 aliphatic rings. The summed E-state index contributed by atoms with van der Waals surface area (Å²) in [5, 5.41) is 7.23. The molecule has 0 amide bonds. The molecule has 0 N–H and O–H groups in total. The fourth-order valence-electron chi connectivity index (χ4n) is 6.88. The summed E-state index contributed by atoms with van der Waals surface area (Å²) in [6.07, 6.45) is 7.92. The van der Waals surface area contributed by atoms with Crippen molar-refractivity contribution < 1.29 is 0 Å². The van der Waals surface area contributed by atoms with Crippen molar-refractivity contribution in [3.8, 4) is 0 Å². The molecule has 0 bridgehead atoms. The molecule has 0 saturated carbocycles. The molecule has 0 aromatic heterocycles. The molecule has 47 heavy (non-hydrogen) atoms. The number of aryl methyl sites for hydroxylation is 1. The number of hydrogen-bond acceptors (Lipinski definition) is 1. The van der Waals surface area contributed by atoms with Gasteiger partial charge in [0.25, 0.3) is 0 Å². The maximum Gasteiger partial charge on any atom is 0.0867 e. The van der Waals surface area contributed by atoms with Crippen molar-refractivity contribution in [2.45, 2.75) is 84.4 Å². The second kappa shape index (κ2) is 17.9. The van der Waals surface area contributed by atoms with E-state index in [1.807, 2.05) is 0 Å². The zero-order chi connectivity index (χ0) is 32.9. The van der Waals surface area contributed by atoms with Crippen LogP contribution in [-0.4, -0.2) is 8.07 Å². The van der Waals surface area contributed by atoms with Crippen LogP contribution in [0.2, 0.25) is 18.1 Å². The number of benzene rings is 5. The van der Waals surface area contributed by atoms with Crippen molar-refractivity contribution in [1.29, 1.82) is 0 Å². The Balaban J connectivity index is 1.76. The van der Waals surface area contributed by atoms with Crippen LogP contribution in [0.5, 0.6) is 0 Å². The van der Waals surface area contributed by atoms with Crippen LogP contribution in [0.25, 0.3) is 0 Å². The van der Waals surface area contributed by atoms with E-state index in [1.165, 1.54) is 89.1 Å². The number of nitrogens with zero attached hydrogens (tertiary/aromatic N) is 1. The molecule has 0 radical (unpaired) electrons. The van der Waals surface area contributed by atoms with Crippen LogP contribution in [0.1, 0.15) is 64.9 Å². The zero-order valence-electron chi connectivity index (χ0n) is 29.0. The highest BCUT2D eigenvalue weighted by atomic mass is 31.2. The van der Waals surface area contributed by atoms with Crippen molar-refractivity contribution in [2.75, 3.05) is 4.44 Å². The third-order valence-electron chi connectivity index (χ3n) is 9.43.